The molecular formula is C15H13BrF2N4O2. The zero-order valence-corrected chi connectivity index (χ0v) is 14.6. The van der Waals surface area contributed by atoms with Crippen molar-refractivity contribution in [3.8, 4) is 11.8 Å². The van der Waals surface area contributed by atoms with Crippen LogP contribution in [0.25, 0.3) is 11.0 Å². The van der Waals surface area contributed by atoms with Gasteiger partial charge in [0.05, 0.1) is 6.20 Å². The number of hydrogen-bond donors (Lipinski definition) is 0. The van der Waals surface area contributed by atoms with E-state index in [0.717, 1.165) is 16.7 Å². The third-order valence-corrected chi connectivity index (χ3v) is 3.90. The number of benzene rings is 1. The minimum atomic E-state index is -0.909. The van der Waals surface area contributed by atoms with E-state index < -0.39 is 22.9 Å². The largest absolute Gasteiger partial charge is 0.419 e. The minimum absolute atomic E-state index is 0.0453. The third kappa shape index (κ3) is 2.68. The zero-order chi connectivity index (χ0) is 17.6. The van der Waals surface area contributed by atoms with Crippen molar-refractivity contribution in [2.45, 2.75) is 19.9 Å². The van der Waals surface area contributed by atoms with Gasteiger partial charge >= 0.3 is 6.01 Å². The molecule has 0 aliphatic heterocycles. The second-order valence-electron chi connectivity index (χ2n) is 5.48. The summed E-state index contributed by atoms with van der Waals surface area (Å²) in [5, 5.41) is 4.42. The highest BCUT2D eigenvalue weighted by Crippen LogP contribution is 2.29. The van der Waals surface area contributed by atoms with Crippen LogP contribution < -0.4 is 10.3 Å². The molecule has 0 saturated carbocycles. The Labute approximate surface area is 143 Å². The first-order valence-corrected chi connectivity index (χ1v) is 7.85. The van der Waals surface area contributed by atoms with Gasteiger partial charge < -0.3 is 4.74 Å². The molecule has 2 heterocycles. The maximum atomic E-state index is 14.0. The van der Waals surface area contributed by atoms with Crippen molar-refractivity contribution in [1.82, 2.24) is 19.3 Å². The lowest BCUT2D eigenvalue weighted by molar-refractivity contribution is 0.365. The van der Waals surface area contributed by atoms with Gasteiger partial charge in [-0.2, -0.15) is 10.1 Å². The molecule has 24 heavy (non-hydrogen) atoms. The number of hydrogen-bond acceptors (Lipinski definition) is 4. The number of aromatic nitrogens is 4. The standard InChI is InChI=1S/C15H13BrF2N4O2/c1-7(2)22-13-9(6-19-22)14(23)21(3)15(20-13)24-12-10(17)4-8(16)5-11(12)18/h4-7H,1-3H3. The second kappa shape index (κ2) is 5.97. The van der Waals surface area contributed by atoms with Crippen molar-refractivity contribution in [2.24, 2.45) is 7.05 Å². The van der Waals surface area contributed by atoms with Gasteiger partial charge in [-0.3, -0.25) is 9.36 Å². The van der Waals surface area contributed by atoms with Crippen LogP contribution in [0.1, 0.15) is 19.9 Å². The van der Waals surface area contributed by atoms with E-state index in [9.17, 15) is 13.6 Å². The van der Waals surface area contributed by atoms with Crippen molar-refractivity contribution >= 4 is 27.0 Å². The molecule has 0 N–H and O–H groups in total. The molecule has 0 bridgehead atoms. The highest BCUT2D eigenvalue weighted by Gasteiger charge is 2.19. The Morgan fingerprint density at radius 2 is 1.88 bits per heavy atom. The van der Waals surface area contributed by atoms with E-state index in [1.165, 1.54) is 17.9 Å². The Balaban J connectivity index is 2.18. The molecule has 9 heteroatoms. The predicted molar refractivity (Wildman–Crippen MR) is 87.3 cm³/mol. The van der Waals surface area contributed by atoms with Crippen LogP contribution in [0.4, 0.5) is 8.78 Å². The second-order valence-corrected chi connectivity index (χ2v) is 6.40. The molecule has 0 atom stereocenters. The van der Waals surface area contributed by atoms with Gasteiger partial charge in [-0.1, -0.05) is 15.9 Å². The Bertz CT molecular complexity index is 974. The molecule has 3 rings (SSSR count). The first-order chi connectivity index (χ1) is 11.3. The molecule has 0 amide bonds. The molecule has 0 fully saturated rings. The lowest BCUT2D eigenvalue weighted by atomic mass is 10.3. The monoisotopic (exact) mass is 398 g/mol. The number of halogens is 3. The van der Waals surface area contributed by atoms with Gasteiger partial charge in [0.2, 0.25) is 5.75 Å². The fourth-order valence-electron chi connectivity index (χ4n) is 2.24. The van der Waals surface area contributed by atoms with Crippen LogP contribution in [0.2, 0.25) is 0 Å². The fraction of sp³-hybridized carbons (Fsp3) is 0.267. The molecule has 3 aromatic rings. The van der Waals surface area contributed by atoms with Gasteiger partial charge in [-0.05, 0) is 26.0 Å². The summed E-state index contributed by atoms with van der Waals surface area (Å²) in [5.41, 5.74) is -0.124. The van der Waals surface area contributed by atoms with Crippen LogP contribution in [-0.4, -0.2) is 19.3 Å². The first kappa shape index (κ1) is 16.6. The van der Waals surface area contributed by atoms with E-state index in [4.69, 9.17) is 4.74 Å². The lowest BCUT2D eigenvalue weighted by Crippen LogP contribution is -2.20. The highest BCUT2D eigenvalue weighted by molar-refractivity contribution is 9.10. The van der Waals surface area contributed by atoms with Crippen molar-refractivity contribution in [3.63, 3.8) is 0 Å². The summed E-state index contributed by atoms with van der Waals surface area (Å²) in [6.07, 6.45) is 1.41. The van der Waals surface area contributed by atoms with Gasteiger partial charge in [-0.25, -0.2) is 13.5 Å². The lowest BCUT2D eigenvalue weighted by Gasteiger charge is -2.12. The molecule has 0 spiro atoms. The first-order valence-electron chi connectivity index (χ1n) is 7.06. The molecule has 0 radical (unpaired) electrons. The molecule has 126 valence electrons. The number of rotatable bonds is 3. The molecule has 0 unspecified atom stereocenters. The summed E-state index contributed by atoms with van der Waals surface area (Å²) >= 11 is 2.99. The summed E-state index contributed by atoms with van der Waals surface area (Å²) < 4.78 is 36.0. The summed E-state index contributed by atoms with van der Waals surface area (Å²) in [4.78, 5) is 16.6. The van der Waals surface area contributed by atoms with Crippen molar-refractivity contribution in [1.29, 1.82) is 0 Å². The van der Waals surface area contributed by atoms with E-state index in [0.29, 0.717) is 11.0 Å². The maximum Gasteiger partial charge on any atom is 0.306 e. The Hall–Kier alpha value is -2.29. The Morgan fingerprint density at radius 1 is 1.25 bits per heavy atom. The fourth-order valence-corrected chi connectivity index (χ4v) is 2.64. The van der Waals surface area contributed by atoms with Gasteiger partial charge in [-0.15, -0.1) is 0 Å². The summed E-state index contributed by atoms with van der Waals surface area (Å²) in [6, 6.07) is 1.85. The normalized spacial score (nSPS) is 11.5. The molecule has 0 aliphatic rings. The summed E-state index contributed by atoms with van der Waals surface area (Å²) in [6.45, 7) is 3.75. The molecule has 1 aromatic carbocycles. The number of ether oxygens (including phenoxy) is 1. The maximum absolute atomic E-state index is 14.0. The highest BCUT2D eigenvalue weighted by atomic mass is 79.9. The van der Waals surface area contributed by atoms with Gasteiger partial charge in [0.15, 0.2) is 17.3 Å². The zero-order valence-electron chi connectivity index (χ0n) is 13.0. The molecular weight excluding hydrogens is 386 g/mol. The number of nitrogens with zero attached hydrogens (tertiary/aromatic N) is 4. The van der Waals surface area contributed by atoms with Crippen LogP contribution in [0, 0.1) is 11.6 Å². The quantitative estimate of drug-likeness (QED) is 0.676. The van der Waals surface area contributed by atoms with E-state index >= 15 is 0 Å². The van der Waals surface area contributed by atoms with Gasteiger partial charge in [0, 0.05) is 17.6 Å². The van der Waals surface area contributed by atoms with Gasteiger partial charge in [0.25, 0.3) is 5.56 Å². The van der Waals surface area contributed by atoms with Crippen LogP contribution >= 0.6 is 15.9 Å². The SMILES string of the molecule is CC(C)n1ncc2c(=O)n(C)c(Oc3c(F)cc(Br)cc3F)nc21. The summed E-state index contributed by atoms with van der Waals surface area (Å²) in [5.74, 6) is -2.45. The average Bonchev–Trinajstić information content (AvgIpc) is 2.91. The smallest absolute Gasteiger partial charge is 0.306 e. The van der Waals surface area contributed by atoms with Crippen LogP contribution in [0.3, 0.4) is 0 Å². The van der Waals surface area contributed by atoms with Crippen molar-refractivity contribution in [3.05, 3.63) is 44.8 Å². The minimum Gasteiger partial charge on any atom is -0.419 e. The summed E-state index contributed by atoms with van der Waals surface area (Å²) in [7, 11) is 1.41. The molecule has 0 aliphatic carbocycles. The molecule has 6 nitrogen and oxygen atoms in total. The van der Waals surface area contributed by atoms with E-state index in [1.807, 2.05) is 13.8 Å². The third-order valence-electron chi connectivity index (χ3n) is 3.44. The molecule has 2 aromatic heterocycles. The molecule has 0 saturated heterocycles. The van der Waals surface area contributed by atoms with Gasteiger partial charge in [0.1, 0.15) is 5.39 Å². The van der Waals surface area contributed by atoms with Crippen LogP contribution in [0.5, 0.6) is 11.8 Å². The predicted octanol–water partition coefficient (Wildman–Crippen LogP) is 3.54. The van der Waals surface area contributed by atoms with E-state index in [-0.39, 0.29) is 16.5 Å². The van der Waals surface area contributed by atoms with Crippen molar-refractivity contribution in [2.75, 3.05) is 0 Å². The number of fused-ring (bicyclic) bond motifs is 1. The topological polar surface area (TPSA) is 61.9 Å². The Kier molecular flexibility index (Phi) is 4.12. The van der Waals surface area contributed by atoms with Crippen LogP contribution in [-0.2, 0) is 7.05 Å². The van der Waals surface area contributed by atoms with E-state index in [2.05, 4.69) is 26.0 Å². The van der Waals surface area contributed by atoms with Crippen molar-refractivity contribution < 1.29 is 13.5 Å². The Morgan fingerprint density at radius 3 is 2.46 bits per heavy atom. The van der Waals surface area contributed by atoms with E-state index in [1.54, 1.807) is 0 Å². The van der Waals surface area contributed by atoms with Crippen LogP contribution in [0.15, 0.2) is 27.6 Å². The average molecular weight is 399 g/mol.